The van der Waals surface area contributed by atoms with Crippen LogP contribution in [0.5, 0.6) is 0 Å². The summed E-state index contributed by atoms with van der Waals surface area (Å²) < 4.78 is 39.9. The Labute approximate surface area is 177 Å². The van der Waals surface area contributed by atoms with Gasteiger partial charge in [0.25, 0.3) is 15.9 Å². The number of nitrogens with one attached hydrogen (secondary N) is 2. The molecule has 0 unspecified atom stereocenters. The van der Waals surface area contributed by atoms with Gasteiger partial charge in [-0.15, -0.1) is 0 Å². The lowest BCUT2D eigenvalue weighted by atomic mass is 10.1. The van der Waals surface area contributed by atoms with Crippen molar-refractivity contribution in [3.05, 3.63) is 65.7 Å². The van der Waals surface area contributed by atoms with Crippen LogP contribution in [0.3, 0.4) is 0 Å². The lowest BCUT2D eigenvalue weighted by Gasteiger charge is -2.10. The number of halogens is 1. The number of hydrogen-bond acceptors (Lipinski definition) is 7. The fourth-order valence-corrected chi connectivity index (χ4v) is 3.71. The summed E-state index contributed by atoms with van der Waals surface area (Å²) in [5.74, 6) is -2.90. The third kappa shape index (κ3) is 5.01. The van der Waals surface area contributed by atoms with E-state index in [0.717, 1.165) is 30.2 Å². The maximum absolute atomic E-state index is 14.3. The molecule has 0 saturated heterocycles. The Hall–Kier alpha value is -3.86. The molecule has 0 fully saturated rings. The first kappa shape index (κ1) is 21.8. The van der Waals surface area contributed by atoms with E-state index in [2.05, 4.69) is 15.3 Å². The first-order chi connectivity index (χ1) is 14.6. The van der Waals surface area contributed by atoms with Crippen LogP contribution in [0.15, 0.2) is 53.6 Å². The number of amides is 2. The van der Waals surface area contributed by atoms with Crippen molar-refractivity contribution in [1.29, 1.82) is 0 Å². The second kappa shape index (κ2) is 8.48. The standard InChI is InChI=1S/C20H18FN5O4S/c1-11-3-5-13(6-4-11)16-10-23-19(22)18(25-16)20(28)24-14-7-8-17(15(21)9-14)31(29,30)26-12(2)27/h3-10H,1-2H3,(H2,22,23)(H,24,28)(H,26,27). The van der Waals surface area contributed by atoms with E-state index >= 15 is 0 Å². The number of sulfonamides is 1. The molecule has 2 amide bonds. The molecule has 3 aromatic rings. The smallest absolute Gasteiger partial charge is 0.278 e. The van der Waals surface area contributed by atoms with E-state index in [4.69, 9.17) is 5.73 Å². The van der Waals surface area contributed by atoms with Gasteiger partial charge < -0.3 is 11.1 Å². The molecule has 1 aromatic heterocycles. The second-order valence-electron chi connectivity index (χ2n) is 6.62. The lowest BCUT2D eigenvalue weighted by molar-refractivity contribution is -0.117. The highest BCUT2D eigenvalue weighted by Crippen LogP contribution is 2.22. The fraction of sp³-hybridized carbons (Fsp3) is 0.100. The topological polar surface area (TPSA) is 144 Å². The van der Waals surface area contributed by atoms with Gasteiger partial charge in [-0.2, -0.15) is 0 Å². The number of rotatable bonds is 5. The number of hydrogen-bond donors (Lipinski definition) is 3. The Morgan fingerprint density at radius 3 is 2.39 bits per heavy atom. The summed E-state index contributed by atoms with van der Waals surface area (Å²) in [6.07, 6.45) is 1.43. The minimum atomic E-state index is -4.36. The molecule has 0 aliphatic heterocycles. The van der Waals surface area contributed by atoms with Gasteiger partial charge in [-0.05, 0) is 25.1 Å². The van der Waals surface area contributed by atoms with Gasteiger partial charge in [0.1, 0.15) is 10.7 Å². The summed E-state index contributed by atoms with van der Waals surface area (Å²) in [7, 11) is -4.36. The van der Waals surface area contributed by atoms with Crippen molar-refractivity contribution >= 4 is 33.3 Å². The van der Waals surface area contributed by atoms with E-state index in [1.54, 1.807) is 4.72 Å². The van der Waals surface area contributed by atoms with Gasteiger partial charge in [-0.3, -0.25) is 9.59 Å². The first-order valence-corrected chi connectivity index (χ1v) is 10.4. The van der Waals surface area contributed by atoms with Gasteiger partial charge in [0.2, 0.25) is 5.91 Å². The molecule has 4 N–H and O–H groups in total. The monoisotopic (exact) mass is 443 g/mol. The average molecular weight is 443 g/mol. The third-order valence-corrected chi connectivity index (χ3v) is 5.59. The van der Waals surface area contributed by atoms with Crippen LogP contribution >= 0.6 is 0 Å². The molecule has 9 nitrogen and oxygen atoms in total. The van der Waals surface area contributed by atoms with Crippen molar-refractivity contribution in [2.75, 3.05) is 11.1 Å². The number of nitrogens with zero attached hydrogens (tertiary/aromatic N) is 2. The van der Waals surface area contributed by atoms with E-state index < -0.39 is 32.6 Å². The van der Waals surface area contributed by atoms with Crippen LogP contribution in [-0.2, 0) is 14.8 Å². The quantitative estimate of drug-likeness (QED) is 0.548. The molecule has 0 atom stereocenters. The van der Waals surface area contributed by atoms with Crippen LogP contribution in [0.25, 0.3) is 11.3 Å². The van der Waals surface area contributed by atoms with Crippen LogP contribution < -0.4 is 15.8 Å². The first-order valence-electron chi connectivity index (χ1n) is 8.90. The molecule has 1 heterocycles. The minimum Gasteiger partial charge on any atom is -0.382 e. The van der Waals surface area contributed by atoms with Crippen LogP contribution in [0.2, 0.25) is 0 Å². The van der Waals surface area contributed by atoms with Crippen molar-refractivity contribution in [2.45, 2.75) is 18.7 Å². The Morgan fingerprint density at radius 1 is 1.10 bits per heavy atom. The highest BCUT2D eigenvalue weighted by Gasteiger charge is 2.21. The number of anilines is 2. The van der Waals surface area contributed by atoms with Gasteiger partial charge in [-0.1, -0.05) is 29.8 Å². The van der Waals surface area contributed by atoms with Crippen LogP contribution in [0.4, 0.5) is 15.9 Å². The van der Waals surface area contributed by atoms with Gasteiger partial charge in [-0.25, -0.2) is 27.5 Å². The van der Waals surface area contributed by atoms with Gasteiger partial charge in [0, 0.05) is 18.2 Å². The highest BCUT2D eigenvalue weighted by atomic mass is 32.2. The van der Waals surface area contributed by atoms with Crippen LogP contribution in [-0.4, -0.2) is 30.2 Å². The van der Waals surface area contributed by atoms with E-state index in [-0.39, 0.29) is 17.2 Å². The average Bonchev–Trinajstić information content (AvgIpc) is 2.68. The van der Waals surface area contributed by atoms with E-state index in [9.17, 15) is 22.4 Å². The molecule has 3 rings (SSSR count). The number of nitrogens with two attached hydrogens (primary N) is 1. The zero-order valence-electron chi connectivity index (χ0n) is 16.5. The molecule has 0 spiro atoms. The van der Waals surface area contributed by atoms with Crippen molar-refractivity contribution in [3.63, 3.8) is 0 Å². The van der Waals surface area contributed by atoms with Gasteiger partial charge >= 0.3 is 0 Å². The molecule has 0 bridgehead atoms. The summed E-state index contributed by atoms with van der Waals surface area (Å²) >= 11 is 0. The Bertz CT molecular complexity index is 1280. The Kier molecular flexibility index (Phi) is 5.97. The number of carbonyl (C=O) groups excluding carboxylic acids is 2. The third-order valence-electron chi connectivity index (χ3n) is 4.12. The Balaban J connectivity index is 1.86. The summed E-state index contributed by atoms with van der Waals surface area (Å²) in [6.45, 7) is 2.92. The lowest BCUT2D eigenvalue weighted by Crippen LogP contribution is -2.29. The van der Waals surface area contributed by atoms with Gasteiger partial charge in [0.15, 0.2) is 11.5 Å². The zero-order valence-corrected chi connectivity index (χ0v) is 17.3. The summed E-state index contributed by atoms with van der Waals surface area (Å²) in [4.78, 5) is 31.1. The van der Waals surface area contributed by atoms with Crippen molar-refractivity contribution < 1.29 is 22.4 Å². The molecule has 2 aromatic carbocycles. The number of benzene rings is 2. The zero-order chi connectivity index (χ0) is 22.8. The van der Waals surface area contributed by atoms with Crippen LogP contribution in [0, 0.1) is 12.7 Å². The number of carbonyl (C=O) groups is 2. The van der Waals surface area contributed by atoms with E-state index in [1.165, 1.54) is 12.3 Å². The van der Waals surface area contributed by atoms with Crippen molar-refractivity contribution in [2.24, 2.45) is 0 Å². The molecule has 0 radical (unpaired) electrons. The van der Waals surface area contributed by atoms with Crippen LogP contribution in [0.1, 0.15) is 23.0 Å². The van der Waals surface area contributed by atoms with Gasteiger partial charge in [0.05, 0.1) is 11.9 Å². The molecule has 11 heteroatoms. The summed E-state index contributed by atoms with van der Waals surface area (Å²) in [5.41, 5.74) is 7.77. The van der Waals surface area contributed by atoms with E-state index in [0.29, 0.717) is 5.69 Å². The molecule has 0 aliphatic carbocycles. The predicted molar refractivity (Wildman–Crippen MR) is 112 cm³/mol. The maximum Gasteiger partial charge on any atom is 0.278 e. The number of aromatic nitrogens is 2. The molecular formula is C20H18FN5O4S. The fourth-order valence-electron chi connectivity index (χ4n) is 2.66. The highest BCUT2D eigenvalue weighted by molar-refractivity contribution is 7.90. The molecule has 31 heavy (non-hydrogen) atoms. The minimum absolute atomic E-state index is 0.0359. The van der Waals surface area contributed by atoms with Crippen molar-refractivity contribution in [3.8, 4) is 11.3 Å². The summed E-state index contributed by atoms with van der Waals surface area (Å²) in [6, 6.07) is 10.3. The molecule has 0 aliphatic rings. The van der Waals surface area contributed by atoms with E-state index in [1.807, 2.05) is 31.2 Å². The predicted octanol–water partition coefficient (Wildman–Crippen LogP) is 2.25. The molecule has 160 valence electrons. The van der Waals surface area contributed by atoms with Crippen molar-refractivity contribution in [1.82, 2.24) is 14.7 Å². The maximum atomic E-state index is 14.3. The molecule has 0 saturated carbocycles. The molecular weight excluding hydrogens is 425 g/mol. The summed E-state index contributed by atoms with van der Waals surface area (Å²) in [5, 5.41) is 2.40. The number of aryl methyl sites for hydroxylation is 1. The normalized spacial score (nSPS) is 11.1. The Morgan fingerprint density at radius 2 is 1.77 bits per heavy atom. The largest absolute Gasteiger partial charge is 0.382 e. The second-order valence-corrected chi connectivity index (χ2v) is 8.27. The number of nitrogen functional groups attached to an aromatic ring is 1. The SMILES string of the molecule is CC(=O)NS(=O)(=O)c1ccc(NC(=O)c2nc(-c3ccc(C)cc3)cnc2N)cc1F.